The van der Waals surface area contributed by atoms with Gasteiger partial charge in [-0.25, -0.2) is 4.98 Å². The molecule has 4 heteroatoms. The van der Waals surface area contributed by atoms with E-state index in [0.29, 0.717) is 0 Å². The number of rotatable bonds is 4. The highest BCUT2D eigenvalue weighted by Gasteiger charge is 2.13. The minimum absolute atomic E-state index is 0.735. The zero-order valence-corrected chi connectivity index (χ0v) is 10.3. The number of fused-ring (bicyclic) bond motifs is 1. The van der Waals surface area contributed by atoms with Gasteiger partial charge in [0.1, 0.15) is 11.3 Å². The number of hydrogen-bond donors (Lipinski definition) is 1. The molecule has 0 unspecified atom stereocenters. The third kappa shape index (κ3) is 1.91. The average molecular weight is 241 g/mol. The standard InChI is InChI=1S/C14H15N3O/c1-15-8-14-12(9-17-7-6-16-10-17)11-4-2-3-5-13(11)18-14/h2-7,10,15H,8-9H2,1H3. The highest BCUT2D eigenvalue weighted by molar-refractivity contribution is 5.82. The van der Waals surface area contributed by atoms with Crippen molar-refractivity contribution >= 4 is 11.0 Å². The van der Waals surface area contributed by atoms with E-state index in [9.17, 15) is 0 Å². The molecule has 0 bridgehead atoms. The molecule has 0 aliphatic heterocycles. The Bertz CT molecular complexity index is 640. The normalized spacial score (nSPS) is 11.2. The second-order valence-corrected chi connectivity index (χ2v) is 4.27. The molecule has 1 aromatic carbocycles. The van der Waals surface area contributed by atoms with E-state index >= 15 is 0 Å². The first-order chi connectivity index (χ1) is 8.88. The molecule has 0 saturated heterocycles. The van der Waals surface area contributed by atoms with Crippen LogP contribution in [0.5, 0.6) is 0 Å². The molecule has 18 heavy (non-hydrogen) atoms. The molecule has 0 amide bonds. The molecule has 0 aliphatic carbocycles. The molecule has 3 aromatic rings. The van der Waals surface area contributed by atoms with E-state index in [-0.39, 0.29) is 0 Å². The smallest absolute Gasteiger partial charge is 0.134 e. The lowest BCUT2D eigenvalue weighted by atomic mass is 10.1. The van der Waals surface area contributed by atoms with Crippen molar-refractivity contribution in [1.82, 2.24) is 14.9 Å². The van der Waals surface area contributed by atoms with Gasteiger partial charge in [-0.15, -0.1) is 0 Å². The van der Waals surface area contributed by atoms with E-state index in [1.165, 1.54) is 10.9 Å². The van der Waals surface area contributed by atoms with Gasteiger partial charge in [0, 0.05) is 23.3 Å². The Labute approximate surface area is 105 Å². The van der Waals surface area contributed by atoms with Gasteiger partial charge >= 0.3 is 0 Å². The SMILES string of the molecule is CNCc1oc2ccccc2c1Cn1ccnc1. The lowest BCUT2D eigenvalue weighted by molar-refractivity contribution is 0.521. The van der Waals surface area contributed by atoms with Crippen molar-refractivity contribution in [2.45, 2.75) is 13.1 Å². The highest BCUT2D eigenvalue weighted by atomic mass is 16.3. The third-order valence-electron chi connectivity index (χ3n) is 3.02. The number of aromatic nitrogens is 2. The van der Waals surface area contributed by atoms with Gasteiger partial charge < -0.3 is 14.3 Å². The van der Waals surface area contributed by atoms with Crippen molar-refractivity contribution < 1.29 is 4.42 Å². The summed E-state index contributed by atoms with van der Waals surface area (Å²) in [6.07, 6.45) is 5.58. The zero-order chi connectivity index (χ0) is 12.4. The molecule has 0 spiro atoms. The van der Waals surface area contributed by atoms with Gasteiger partial charge in [-0.3, -0.25) is 0 Å². The van der Waals surface area contributed by atoms with Crippen molar-refractivity contribution in [3.63, 3.8) is 0 Å². The number of nitrogens with zero attached hydrogens (tertiary/aromatic N) is 2. The molecule has 0 aliphatic rings. The van der Waals surface area contributed by atoms with Crippen molar-refractivity contribution in [2.75, 3.05) is 7.05 Å². The maximum absolute atomic E-state index is 5.89. The van der Waals surface area contributed by atoms with Crippen LogP contribution in [0.1, 0.15) is 11.3 Å². The summed E-state index contributed by atoms with van der Waals surface area (Å²) in [6, 6.07) is 8.14. The number of furan rings is 1. The van der Waals surface area contributed by atoms with Gasteiger partial charge in [0.25, 0.3) is 0 Å². The Morgan fingerprint density at radius 3 is 3.00 bits per heavy atom. The summed E-state index contributed by atoms with van der Waals surface area (Å²) < 4.78 is 7.94. The molecule has 92 valence electrons. The molecule has 2 aromatic heterocycles. The summed E-state index contributed by atoms with van der Waals surface area (Å²) in [7, 11) is 1.92. The van der Waals surface area contributed by atoms with Gasteiger partial charge in [0.15, 0.2) is 0 Å². The lowest BCUT2D eigenvalue weighted by Gasteiger charge is -2.03. The molecule has 0 radical (unpaired) electrons. The quantitative estimate of drug-likeness (QED) is 0.762. The fourth-order valence-corrected chi connectivity index (χ4v) is 2.19. The number of benzene rings is 1. The topological polar surface area (TPSA) is 43.0 Å². The Morgan fingerprint density at radius 1 is 1.33 bits per heavy atom. The molecule has 1 N–H and O–H groups in total. The molecular weight excluding hydrogens is 226 g/mol. The average Bonchev–Trinajstić information content (AvgIpc) is 3.00. The van der Waals surface area contributed by atoms with Crippen molar-refractivity contribution in [3.05, 3.63) is 54.3 Å². The summed E-state index contributed by atoms with van der Waals surface area (Å²) in [6.45, 7) is 1.52. The van der Waals surface area contributed by atoms with Gasteiger partial charge in [-0.1, -0.05) is 18.2 Å². The van der Waals surface area contributed by atoms with Crippen LogP contribution in [0, 0.1) is 0 Å². The fourth-order valence-electron chi connectivity index (χ4n) is 2.19. The number of hydrogen-bond acceptors (Lipinski definition) is 3. The van der Waals surface area contributed by atoms with Crippen LogP contribution in [0.3, 0.4) is 0 Å². The van der Waals surface area contributed by atoms with Crippen LogP contribution in [-0.2, 0) is 13.1 Å². The first-order valence-electron chi connectivity index (χ1n) is 5.98. The number of para-hydroxylation sites is 1. The Hall–Kier alpha value is -2.07. The minimum Gasteiger partial charge on any atom is -0.459 e. The Balaban J connectivity index is 2.09. The summed E-state index contributed by atoms with van der Waals surface area (Å²) >= 11 is 0. The van der Waals surface area contributed by atoms with E-state index in [2.05, 4.69) is 20.9 Å². The molecule has 4 nitrogen and oxygen atoms in total. The second-order valence-electron chi connectivity index (χ2n) is 4.27. The van der Waals surface area contributed by atoms with E-state index in [1.54, 1.807) is 6.20 Å². The van der Waals surface area contributed by atoms with E-state index < -0.39 is 0 Å². The first-order valence-corrected chi connectivity index (χ1v) is 5.98. The molecule has 0 fully saturated rings. The largest absolute Gasteiger partial charge is 0.459 e. The summed E-state index contributed by atoms with van der Waals surface area (Å²) in [5.41, 5.74) is 2.16. The second kappa shape index (κ2) is 4.66. The summed E-state index contributed by atoms with van der Waals surface area (Å²) in [5, 5.41) is 4.32. The van der Waals surface area contributed by atoms with E-state index in [1.807, 2.05) is 37.8 Å². The monoisotopic (exact) mass is 241 g/mol. The van der Waals surface area contributed by atoms with Crippen LogP contribution in [-0.4, -0.2) is 16.6 Å². The van der Waals surface area contributed by atoms with E-state index in [0.717, 1.165) is 24.4 Å². The van der Waals surface area contributed by atoms with Crippen molar-refractivity contribution in [2.24, 2.45) is 0 Å². The summed E-state index contributed by atoms with van der Waals surface area (Å²) in [5.74, 6) is 0.993. The summed E-state index contributed by atoms with van der Waals surface area (Å²) in [4.78, 5) is 4.08. The third-order valence-corrected chi connectivity index (χ3v) is 3.02. The lowest BCUT2D eigenvalue weighted by Crippen LogP contribution is -2.07. The fraction of sp³-hybridized carbons (Fsp3) is 0.214. The van der Waals surface area contributed by atoms with Gasteiger partial charge in [0.05, 0.1) is 19.4 Å². The van der Waals surface area contributed by atoms with Crippen LogP contribution >= 0.6 is 0 Å². The molecule has 2 heterocycles. The maximum atomic E-state index is 5.89. The van der Waals surface area contributed by atoms with Gasteiger partial charge in [-0.2, -0.15) is 0 Å². The molecule has 0 atom stereocenters. The number of imidazole rings is 1. The van der Waals surface area contributed by atoms with Crippen molar-refractivity contribution in [1.29, 1.82) is 0 Å². The van der Waals surface area contributed by atoms with Crippen molar-refractivity contribution in [3.8, 4) is 0 Å². The Kier molecular flexibility index (Phi) is 2.86. The van der Waals surface area contributed by atoms with Gasteiger partial charge in [0.2, 0.25) is 0 Å². The zero-order valence-electron chi connectivity index (χ0n) is 10.3. The molecule has 0 saturated carbocycles. The maximum Gasteiger partial charge on any atom is 0.134 e. The highest BCUT2D eigenvalue weighted by Crippen LogP contribution is 2.26. The molecule has 3 rings (SSSR count). The first kappa shape index (κ1) is 11.0. The Morgan fingerprint density at radius 2 is 2.22 bits per heavy atom. The number of nitrogens with one attached hydrogen (secondary N) is 1. The van der Waals surface area contributed by atoms with Crippen LogP contribution in [0.15, 0.2) is 47.4 Å². The van der Waals surface area contributed by atoms with Crippen LogP contribution < -0.4 is 5.32 Å². The van der Waals surface area contributed by atoms with E-state index in [4.69, 9.17) is 4.42 Å². The molecular formula is C14H15N3O. The van der Waals surface area contributed by atoms with Gasteiger partial charge in [-0.05, 0) is 13.1 Å². The predicted octanol–water partition coefficient (Wildman–Crippen LogP) is 2.40. The van der Waals surface area contributed by atoms with Crippen LogP contribution in [0.2, 0.25) is 0 Å². The predicted molar refractivity (Wildman–Crippen MR) is 70.3 cm³/mol. The van der Waals surface area contributed by atoms with Crippen LogP contribution in [0.25, 0.3) is 11.0 Å². The van der Waals surface area contributed by atoms with Crippen LogP contribution in [0.4, 0.5) is 0 Å². The minimum atomic E-state index is 0.735.